The Balaban J connectivity index is 2.80. The minimum absolute atomic E-state index is 0.569. The number of rotatable bonds is 1. The van der Waals surface area contributed by atoms with Gasteiger partial charge >= 0.3 is 0 Å². The van der Waals surface area contributed by atoms with Gasteiger partial charge in [0.25, 0.3) is 6.08 Å². The van der Waals surface area contributed by atoms with Crippen molar-refractivity contribution in [2.45, 2.75) is 0 Å². The zero-order valence-corrected chi connectivity index (χ0v) is 5.29. The van der Waals surface area contributed by atoms with Gasteiger partial charge in [-0.25, -0.2) is 0 Å². The lowest BCUT2D eigenvalue weighted by molar-refractivity contribution is 0.429. The molecule has 1 rings (SSSR count). The van der Waals surface area contributed by atoms with Gasteiger partial charge in [0.1, 0.15) is 0 Å². The fourth-order valence-electron chi connectivity index (χ4n) is 0.483. The lowest BCUT2D eigenvalue weighted by Gasteiger charge is -1.77. The van der Waals surface area contributed by atoms with Crippen LogP contribution in [0, 0.1) is 0 Å². The second kappa shape index (κ2) is 2.73. The molecule has 0 aliphatic carbocycles. The molecule has 1 aromatic rings. The molecule has 0 radical (unpaired) electrons. The first-order chi connectivity index (χ1) is 4.29. The SMILES string of the molecule is FC(F)=Cc1ccsc1. The second-order valence-electron chi connectivity index (χ2n) is 1.49. The third-order valence-electron chi connectivity index (χ3n) is 0.819. The van der Waals surface area contributed by atoms with Crippen LogP contribution >= 0.6 is 11.3 Å². The molecule has 9 heavy (non-hydrogen) atoms. The molecule has 0 saturated carbocycles. The van der Waals surface area contributed by atoms with E-state index in [0.29, 0.717) is 5.56 Å². The van der Waals surface area contributed by atoms with Crippen LogP contribution in [-0.2, 0) is 0 Å². The van der Waals surface area contributed by atoms with Crippen molar-refractivity contribution >= 4 is 17.4 Å². The average Bonchev–Trinajstić information content (AvgIpc) is 2.15. The molecule has 0 unspecified atom stereocenters. The summed E-state index contributed by atoms with van der Waals surface area (Å²) in [6.07, 6.45) is -0.801. The largest absolute Gasteiger partial charge is 0.270 e. The molecule has 1 aromatic heterocycles. The van der Waals surface area contributed by atoms with Crippen molar-refractivity contribution in [1.82, 2.24) is 0 Å². The van der Waals surface area contributed by atoms with Crippen molar-refractivity contribution in [3.63, 3.8) is 0 Å². The summed E-state index contributed by atoms with van der Waals surface area (Å²) in [5.74, 6) is 0. The van der Waals surface area contributed by atoms with Crippen molar-refractivity contribution < 1.29 is 8.78 Å². The summed E-state index contributed by atoms with van der Waals surface area (Å²) in [5.41, 5.74) is 0.569. The topological polar surface area (TPSA) is 0 Å². The molecule has 0 aromatic carbocycles. The van der Waals surface area contributed by atoms with Gasteiger partial charge in [0.2, 0.25) is 0 Å². The zero-order chi connectivity index (χ0) is 6.69. The van der Waals surface area contributed by atoms with Crippen LogP contribution in [0.4, 0.5) is 8.78 Å². The van der Waals surface area contributed by atoms with E-state index in [2.05, 4.69) is 0 Å². The summed E-state index contributed by atoms with van der Waals surface area (Å²) >= 11 is 1.40. The van der Waals surface area contributed by atoms with Crippen LogP contribution in [0.25, 0.3) is 6.08 Å². The monoisotopic (exact) mass is 146 g/mol. The van der Waals surface area contributed by atoms with Crippen LogP contribution in [0.15, 0.2) is 22.9 Å². The number of hydrogen-bond acceptors (Lipinski definition) is 1. The van der Waals surface area contributed by atoms with Gasteiger partial charge in [-0.2, -0.15) is 20.1 Å². The standard InChI is InChI=1S/C6H4F2S/c7-6(8)3-5-1-2-9-4-5/h1-4H. The summed E-state index contributed by atoms with van der Waals surface area (Å²) < 4.78 is 22.9. The minimum Gasteiger partial charge on any atom is -0.173 e. The maximum atomic E-state index is 11.5. The van der Waals surface area contributed by atoms with Crippen molar-refractivity contribution in [1.29, 1.82) is 0 Å². The van der Waals surface area contributed by atoms with E-state index in [1.54, 1.807) is 16.8 Å². The van der Waals surface area contributed by atoms with Crippen LogP contribution in [0.1, 0.15) is 5.56 Å². The first-order valence-electron chi connectivity index (χ1n) is 2.34. The van der Waals surface area contributed by atoms with Crippen molar-refractivity contribution in [2.75, 3.05) is 0 Å². The smallest absolute Gasteiger partial charge is 0.173 e. The van der Waals surface area contributed by atoms with Gasteiger partial charge in [-0.1, -0.05) is 0 Å². The predicted molar refractivity (Wildman–Crippen MR) is 34.5 cm³/mol. The summed E-state index contributed by atoms with van der Waals surface area (Å²) in [5, 5.41) is 3.42. The van der Waals surface area contributed by atoms with Gasteiger partial charge in [0, 0.05) is 6.08 Å². The molecular formula is C6H4F2S. The van der Waals surface area contributed by atoms with Crippen molar-refractivity contribution in [3.05, 3.63) is 28.5 Å². The average molecular weight is 146 g/mol. The molecule has 0 saturated heterocycles. The van der Waals surface area contributed by atoms with Crippen molar-refractivity contribution in [2.24, 2.45) is 0 Å². The summed E-state index contributed by atoms with van der Waals surface area (Å²) in [6.45, 7) is 0. The fraction of sp³-hybridized carbons (Fsp3) is 0. The molecule has 0 amide bonds. The van der Waals surface area contributed by atoms with E-state index in [0.717, 1.165) is 6.08 Å². The lowest BCUT2D eigenvalue weighted by Crippen LogP contribution is -1.59. The van der Waals surface area contributed by atoms with Gasteiger partial charge in [0.15, 0.2) is 0 Å². The number of hydrogen-bond donors (Lipinski definition) is 0. The number of thiophene rings is 1. The Bertz CT molecular complexity index is 197. The molecule has 3 heteroatoms. The predicted octanol–water partition coefficient (Wildman–Crippen LogP) is 2.99. The Morgan fingerprint density at radius 2 is 2.33 bits per heavy atom. The summed E-state index contributed by atoms with van der Waals surface area (Å²) in [4.78, 5) is 0. The normalized spacial score (nSPS) is 9.11. The molecule has 0 aliphatic heterocycles. The highest BCUT2D eigenvalue weighted by molar-refractivity contribution is 7.08. The van der Waals surface area contributed by atoms with E-state index in [-0.39, 0.29) is 0 Å². The molecule has 0 spiro atoms. The first kappa shape index (κ1) is 6.42. The summed E-state index contributed by atoms with van der Waals surface area (Å²) in [6, 6.07) is 1.64. The molecule has 48 valence electrons. The van der Waals surface area contributed by atoms with E-state index >= 15 is 0 Å². The molecule has 0 atom stereocenters. The molecule has 0 aliphatic rings. The zero-order valence-electron chi connectivity index (χ0n) is 4.47. The minimum atomic E-state index is -1.65. The third kappa shape index (κ3) is 1.93. The van der Waals surface area contributed by atoms with Gasteiger partial charge in [0.05, 0.1) is 0 Å². The first-order valence-corrected chi connectivity index (χ1v) is 3.28. The third-order valence-corrected chi connectivity index (χ3v) is 1.52. The van der Waals surface area contributed by atoms with Crippen LogP contribution in [0.3, 0.4) is 0 Å². The summed E-state index contributed by atoms with van der Waals surface area (Å²) in [7, 11) is 0. The van der Waals surface area contributed by atoms with Crippen LogP contribution in [0.5, 0.6) is 0 Å². The van der Waals surface area contributed by atoms with Gasteiger partial charge in [-0.05, 0) is 22.4 Å². The molecular weight excluding hydrogens is 142 g/mol. The van der Waals surface area contributed by atoms with E-state index in [1.165, 1.54) is 11.3 Å². The lowest BCUT2D eigenvalue weighted by atomic mass is 10.3. The highest BCUT2D eigenvalue weighted by Crippen LogP contribution is 2.11. The highest BCUT2D eigenvalue weighted by Gasteiger charge is 1.90. The quantitative estimate of drug-likeness (QED) is 0.571. The second-order valence-corrected chi connectivity index (χ2v) is 2.27. The molecule has 0 fully saturated rings. The highest BCUT2D eigenvalue weighted by atomic mass is 32.1. The van der Waals surface area contributed by atoms with E-state index in [1.807, 2.05) is 0 Å². The van der Waals surface area contributed by atoms with Gasteiger partial charge in [-0.15, -0.1) is 0 Å². The number of halogens is 2. The molecule has 0 N–H and O–H groups in total. The van der Waals surface area contributed by atoms with E-state index in [9.17, 15) is 8.78 Å². The molecule has 0 nitrogen and oxygen atoms in total. The van der Waals surface area contributed by atoms with Crippen molar-refractivity contribution in [3.8, 4) is 0 Å². The Kier molecular flexibility index (Phi) is 1.95. The Hall–Kier alpha value is -0.700. The van der Waals surface area contributed by atoms with E-state index in [4.69, 9.17) is 0 Å². The van der Waals surface area contributed by atoms with E-state index < -0.39 is 6.08 Å². The Morgan fingerprint density at radius 3 is 2.78 bits per heavy atom. The Labute approximate surface area is 55.4 Å². The molecule has 0 bridgehead atoms. The maximum absolute atomic E-state index is 11.5. The van der Waals surface area contributed by atoms with Crippen LogP contribution in [-0.4, -0.2) is 0 Å². The molecule has 1 heterocycles. The van der Waals surface area contributed by atoms with Crippen LogP contribution in [0.2, 0.25) is 0 Å². The Morgan fingerprint density at radius 1 is 1.56 bits per heavy atom. The van der Waals surface area contributed by atoms with Gasteiger partial charge < -0.3 is 0 Å². The van der Waals surface area contributed by atoms with Crippen LogP contribution < -0.4 is 0 Å². The maximum Gasteiger partial charge on any atom is 0.270 e. The fourth-order valence-corrected chi connectivity index (χ4v) is 1.10. The van der Waals surface area contributed by atoms with Gasteiger partial charge in [-0.3, -0.25) is 0 Å².